The Balaban J connectivity index is 1.71. The van der Waals surface area contributed by atoms with Crippen molar-refractivity contribution in [2.45, 2.75) is 6.04 Å². The second kappa shape index (κ2) is 8.29. The quantitative estimate of drug-likeness (QED) is 0.716. The molecule has 10 heteroatoms. The SMILES string of the molecule is COc1ccccc1-n1cc(C(=O)N[C@@H]2COC[C@H]2CS(=O)(=O)N(C)C)cn1. The molecule has 1 amide bonds. The van der Waals surface area contributed by atoms with Gasteiger partial charge >= 0.3 is 0 Å². The fourth-order valence-electron chi connectivity index (χ4n) is 2.98. The average molecular weight is 408 g/mol. The molecule has 2 heterocycles. The van der Waals surface area contributed by atoms with Crippen LogP contribution in [-0.4, -0.2) is 74.6 Å². The molecule has 1 aliphatic rings. The van der Waals surface area contributed by atoms with Gasteiger partial charge in [0.05, 0.1) is 43.9 Å². The van der Waals surface area contributed by atoms with Crippen LogP contribution in [0.4, 0.5) is 0 Å². The first-order chi connectivity index (χ1) is 13.3. The van der Waals surface area contributed by atoms with E-state index in [1.165, 1.54) is 24.6 Å². The van der Waals surface area contributed by atoms with Crippen LogP contribution in [0.1, 0.15) is 10.4 Å². The molecule has 2 atom stereocenters. The van der Waals surface area contributed by atoms with E-state index in [0.717, 1.165) is 0 Å². The van der Waals surface area contributed by atoms with Gasteiger partial charge in [-0.1, -0.05) is 12.1 Å². The Morgan fingerprint density at radius 3 is 2.82 bits per heavy atom. The van der Waals surface area contributed by atoms with Crippen LogP contribution in [-0.2, 0) is 14.8 Å². The molecule has 2 aromatic rings. The van der Waals surface area contributed by atoms with E-state index < -0.39 is 10.0 Å². The highest BCUT2D eigenvalue weighted by Gasteiger charge is 2.34. The second-order valence-electron chi connectivity index (χ2n) is 6.78. The first-order valence-corrected chi connectivity index (χ1v) is 10.4. The van der Waals surface area contributed by atoms with E-state index in [-0.39, 0.29) is 30.2 Å². The van der Waals surface area contributed by atoms with Crippen LogP contribution in [0.5, 0.6) is 5.75 Å². The summed E-state index contributed by atoms with van der Waals surface area (Å²) >= 11 is 0. The Bertz CT molecular complexity index is 941. The molecule has 0 spiro atoms. The van der Waals surface area contributed by atoms with Crippen LogP contribution in [0.15, 0.2) is 36.7 Å². The molecule has 0 bridgehead atoms. The molecule has 1 aromatic heterocycles. The summed E-state index contributed by atoms with van der Waals surface area (Å²) < 4.78 is 37.7. The predicted molar refractivity (Wildman–Crippen MR) is 103 cm³/mol. The highest BCUT2D eigenvalue weighted by molar-refractivity contribution is 7.89. The molecule has 1 N–H and O–H groups in total. The summed E-state index contributed by atoms with van der Waals surface area (Å²) in [6, 6.07) is 6.96. The van der Waals surface area contributed by atoms with E-state index in [0.29, 0.717) is 23.6 Å². The standard InChI is InChI=1S/C18H24N4O5S/c1-21(2)28(24,25)12-14-10-27-11-15(14)20-18(23)13-8-19-22(9-13)16-6-4-5-7-17(16)26-3/h4-9,14-15H,10-12H2,1-3H3,(H,20,23)/t14-,15+/m0/s1. The number of rotatable bonds is 7. The number of ether oxygens (including phenoxy) is 2. The smallest absolute Gasteiger partial charge is 0.254 e. The maximum absolute atomic E-state index is 12.6. The molecular formula is C18H24N4O5S. The van der Waals surface area contributed by atoms with Crippen molar-refractivity contribution < 1.29 is 22.7 Å². The van der Waals surface area contributed by atoms with Crippen LogP contribution < -0.4 is 10.1 Å². The molecule has 152 valence electrons. The fraction of sp³-hybridized carbons (Fsp3) is 0.444. The minimum Gasteiger partial charge on any atom is -0.494 e. The summed E-state index contributed by atoms with van der Waals surface area (Å²) in [5.74, 6) is -0.0778. The van der Waals surface area contributed by atoms with Gasteiger partial charge in [0.25, 0.3) is 5.91 Å². The topological polar surface area (TPSA) is 103 Å². The van der Waals surface area contributed by atoms with Gasteiger partial charge in [-0.15, -0.1) is 0 Å². The lowest BCUT2D eigenvalue weighted by atomic mass is 10.1. The van der Waals surface area contributed by atoms with Crippen LogP contribution in [0.25, 0.3) is 5.69 Å². The molecule has 1 fully saturated rings. The van der Waals surface area contributed by atoms with E-state index in [1.807, 2.05) is 24.3 Å². The number of carbonyl (C=O) groups is 1. The minimum atomic E-state index is -3.38. The van der Waals surface area contributed by atoms with Gasteiger partial charge in [0.1, 0.15) is 11.4 Å². The van der Waals surface area contributed by atoms with Gasteiger partial charge < -0.3 is 14.8 Å². The number of amides is 1. The monoisotopic (exact) mass is 408 g/mol. The summed E-state index contributed by atoms with van der Waals surface area (Å²) in [5, 5.41) is 7.10. The maximum Gasteiger partial charge on any atom is 0.254 e. The Morgan fingerprint density at radius 1 is 1.36 bits per heavy atom. The van der Waals surface area contributed by atoms with E-state index >= 15 is 0 Å². The fourth-order valence-corrected chi connectivity index (χ4v) is 4.15. The third-order valence-electron chi connectivity index (χ3n) is 4.67. The van der Waals surface area contributed by atoms with Gasteiger partial charge in [0.15, 0.2) is 0 Å². The van der Waals surface area contributed by atoms with Gasteiger partial charge in [0.2, 0.25) is 10.0 Å². The van der Waals surface area contributed by atoms with Gasteiger partial charge in [-0.2, -0.15) is 5.10 Å². The van der Waals surface area contributed by atoms with Crippen molar-refractivity contribution in [3.63, 3.8) is 0 Å². The van der Waals surface area contributed by atoms with Crippen molar-refractivity contribution in [3.8, 4) is 11.4 Å². The van der Waals surface area contributed by atoms with Crippen molar-refractivity contribution >= 4 is 15.9 Å². The molecule has 9 nitrogen and oxygen atoms in total. The molecule has 28 heavy (non-hydrogen) atoms. The Hall–Kier alpha value is -2.43. The van der Waals surface area contributed by atoms with Crippen LogP contribution in [0, 0.1) is 5.92 Å². The van der Waals surface area contributed by atoms with E-state index in [2.05, 4.69) is 10.4 Å². The zero-order chi connectivity index (χ0) is 20.3. The Kier molecular flexibility index (Phi) is 6.01. The van der Waals surface area contributed by atoms with Gasteiger partial charge in [-0.25, -0.2) is 17.4 Å². The Labute approximate surface area is 164 Å². The Morgan fingerprint density at radius 2 is 2.11 bits per heavy atom. The molecule has 0 unspecified atom stereocenters. The van der Waals surface area contributed by atoms with Crippen LogP contribution in [0.3, 0.4) is 0 Å². The number of nitrogens with zero attached hydrogens (tertiary/aromatic N) is 3. The first-order valence-electron chi connectivity index (χ1n) is 8.78. The summed E-state index contributed by atoms with van der Waals surface area (Å²) in [4.78, 5) is 12.6. The molecule has 0 aliphatic carbocycles. The normalized spacial score (nSPS) is 19.7. The number of nitrogens with one attached hydrogen (secondary N) is 1. The minimum absolute atomic E-state index is 0.0780. The van der Waals surface area contributed by atoms with Gasteiger partial charge in [-0.3, -0.25) is 4.79 Å². The second-order valence-corrected chi connectivity index (χ2v) is 9.01. The van der Waals surface area contributed by atoms with E-state index in [4.69, 9.17) is 9.47 Å². The molecular weight excluding hydrogens is 384 g/mol. The molecule has 1 aromatic carbocycles. The van der Waals surface area contributed by atoms with E-state index in [1.54, 1.807) is 18.0 Å². The number of carbonyl (C=O) groups excluding carboxylic acids is 1. The summed E-state index contributed by atoms with van der Waals surface area (Å²) in [6.45, 7) is 0.568. The molecule has 0 radical (unpaired) electrons. The maximum atomic E-state index is 12.6. The van der Waals surface area contributed by atoms with Gasteiger partial charge in [0, 0.05) is 26.2 Å². The van der Waals surface area contributed by atoms with Crippen molar-refractivity contribution in [1.82, 2.24) is 19.4 Å². The van der Waals surface area contributed by atoms with Crippen molar-refractivity contribution in [1.29, 1.82) is 0 Å². The van der Waals surface area contributed by atoms with Crippen LogP contribution >= 0.6 is 0 Å². The van der Waals surface area contributed by atoms with Crippen molar-refractivity contribution in [2.75, 3.05) is 40.2 Å². The number of hydrogen-bond donors (Lipinski definition) is 1. The highest BCUT2D eigenvalue weighted by Crippen LogP contribution is 2.22. The molecule has 0 saturated carbocycles. The number of benzene rings is 1. The summed E-state index contributed by atoms with van der Waals surface area (Å²) in [7, 11) is 1.17. The third-order valence-corrected chi connectivity index (χ3v) is 6.63. The highest BCUT2D eigenvalue weighted by atomic mass is 32.2. The zero-order valence-electron chi connectivity index (χ0n) is 16.0. The zero-order valence-corrected chi connectivity index (χ0v) is 16.8. The molecule has 3 rings (SSSR count). The number of methoxy groups -OCH3 is 1. The number of aromatic nitrogens is 2. The van der Waals surface area contributed by atoms with Crippen molar-refractivity contribution in [2.24, 2.45) is 5.92 Å². The molecule has 1 aliphatic heterocycles. The summed E-state index contributed by atoms with van der Waals surface area (Å²) in [5.41, 5.74) is 1.08. The lowest BCUT2D eigenvalue weighted by molar-refractivity contribution is 0.0926. The lowest BCUT2D eigenvalue weighted by Crippen LogP contribution is -2.43. The predicted octanol–water partition coefficient (Wildman–Crippen LogP) is 0.517. The first kappa shape index (κ1) is 20.3. The number of hydrogen-bond acceptors (Lipinski definition) is 6. The largest absolute Gasteiger partial charge is 0.494 e. The average Bonchev–Trinajstić information content (AvgIpc) is 3.31. The summed E-state index contributed by atoms with van der Waals surface area (Å²) in [6.07, 6.45) is 3.07. The van der Waals surface area contributed by atoms with Crippen molar-refractivity contribution in [3.05, 3.63) is 42.2 Å². The number of para-hydroxylation sites is 2. The number of sulfonamides is 1. The lowest BCUT2D eigenvalue weighted by Gasteiger charge is -2.20. The van der Waals surface area contributed by atoms with Crippen LogP contribution in [0.2, 0.25) is 0 Å². The van der Waals surface area contributed by atoms with Gasteiger partial charge in [-0.05, 0) is 12.1 Å². The molecule has 1 saturated heterocycles. The van der Waals surface area contributed by atoms with E-state index in [9.17, 15) is 13.2 Å². The third kappa shape index (κ3) is 4.34.